The van der Waals surface area contributed by atoms with Crippen molar-refractivity contribution in [3.63, 3.8) is 0 Å². The summed E-state index contributed by atoms with van der Waals surface area (Å²) in [6, 6.07) is 3.84. The van der Waals surface area contributed by atoms with Gasteiger partial charge in [0, 0.05) is 17.7 Å². The molecule has 118 valence electrons. The number of carbonyl (C=O) groups excluding carboxylic acids is 1. The summed E-state index contributed by atoms with van der Waals surface area (Å²) in [6.45, 7) is 2.74. The number of Topliss-reactive ketones (excluding diaryl/α,β-unsaturated/α-hetero) is 1. The molecule has 0 aliphatic rings. The second-order valence-corrected chi connectivity index (χ2v) is 7.81. The molecule has 0 N–H and O–H groups in total. The van der Waals surface area contributed by atoms with Crippen LogP contribution >= 0.6 is 11.6 Å². The summed E-state index contributed by atoms with van der Waals surface area (Å²) < 4.78 is 60.7. The molecule has 0 saturated carbocycles. The average molecular weight is 343 g/mol. The topological polar surface area (TPSA) is 51.2 Å². The van der Waals surface area contributed by atoms with Crippen molar-refractivity contribution in [1.82, 2.24) is 0 Å². The Balaban J connectivity index is 3.38. The van der Waals surface area contributed by atoms with Crippen molar-refractivity contribution in [3.05, 3.63) is 28.8 Å². The van der Waals surface area contributed by atoms with Crippen molar-refractivity contribution in [2.45, 2.75) is 36.8 Å². The van der Waals surface area contributed by atoms with E-state index < -0.39 is 33.6 Å². The zero-order valence-corrected chi connectivity index (χ0v) is 13.2. The Morgan fingerprint density at radius 1 is 1.24 bits per heavy atom. The van der Waals surface area contributed by atoms with E-state index in [2.05, 4.69) is 0 Å². The number of rotatable bonds is 4. The van der Waals surface area contributed by atoms with Crippen LogP contribution in [0.25, 0.3) is 0 Å². The van der Waals surface area contributed by atoms with E-state index in [1.54, 1.807) is 0 Å². The van der Waals surface area contributed by atoms with Gasteiger partial charge in [-0.05, 0) is 29.2 Å². The highest BCUT2D eigenvalue weighted by molar-refractivity contribution is 7.90. The minimum Gasteiger partial charge on any atom is -0.290 e. The van der Waals surface area contributed by atoms with Crippen LogP contribution in [0.1, 0.15) is 25.8 Å². The molecule has 0 heterocycles. The Hall–Kier alpha value is -1.08. The Morgan fingerprint density at radius 2 is 1.76 bits per heavy atom. The number of alkyl halides is 3. The van der Waals surface area contributed by atoms with Crippen molar-refractivity contribution < 1.29 is 26.4 Å². The number of carbonyl (C=O) groups is 1. The van der Waals surface area contributed by atoms with Gasteiger partial charge in [-0.15, -0.1) is 0 Å². The first-order valence-electron chi connectivity index (χ1n) is 5.85. The van der Waals surface area contributed by atoms with E-state index in [0.717, 1.165) is 6.26 Å². The number of hydrogen-bond acceptors (Lipinski definition) is 3. The number of hydrogen-bond donors (Lipinski definition) is 0. The van der Waals surface area contributed by atoms with Crippen molar-refractivity contribution in [3.8, 4) is 0 Å². The molecule has 0 aliphatic heterocycles. The van der Waals surface area contributed by atoms with E-state index in [4.69, 9.17) is 11.6 Å². The van der Waals surface area contributed by atoms with Crippen molar-refractivity contribution in [2.75, 3.05) is 6.26 Å². The van der Waals surface area contributed by atoms with Gasteiger partial charge in [0.2, 0.25) is 5.78 Å². The molecule has 0 radical (unpaired) electrons. The van der Waals surface area contributed by atoms with Gasteiger partial charge >= 0.3 is 6.18 Å². The zero-order valence-electron chi connectivity index (χ0n) is 11.6. The van der Waals surface area contributed by atoms with E-state index in [0.29, 0.717) is 0 Å². The van der Waals surface area contributed by atoms with Crippen LogP contribution in [0.3, 0.4) is 0 Å². The highest BCUT2D eigenvalue weighted by Crippen LogP contribution is 2.36. The standard InChI is InChI=1S/C13H14ClF3O3S/c1-12(2,7-11(18)13(15,16)17)9-6-8(14)4-5-10(9)21(3,19)20/h4-6H,7H2,1-3H3. The monoisotopic (exact) mass is 342 g/mol. The summed E-state index contributed by atoms with van der Waals surface area (Å²) in [6.07, 6.45) is -4.87. The quantitative estimate of drug-likeness (QED) is 0.841. The molecule has 0 bridgehead atoms. The number of sulfone groups is 1. The van der Waals surface area contributed by atoms with Crippen LogP contribution in [-0.4, -0.2) is 26.6 Å². The van der Waals surface area contributed by atoms with E-state index in [1.165, 1.54) is 32.0 Å². The van der Waals surface area contributed by atoms with Gasteiger partial charge in [-0.1, -0.05) is 25.4 Å². The van der Waals surface area contributed by atoms with E-state index in [9.17, 15) is 26.4 Å². The van der Waals surface area contributed by atoms with Crippen LogP contribution in [-0.2, 0) is 20.0 Å². The fourth-order valence-electron chi connectivity index (χ4n) is 1.95. The van der Waals surface area contributed by atoms with E-state index in [1.807, 2.05) is 0 Å². The first kappa shape index (κ1) is 18.0. The minimum absolute atomic E-state index is 0.0927. The van der Waals surface area contributed by atoms with Gasteiger partial charge < -0.3 is 0 Å². The minimum atomic E-state index is -4.96. The molecule has 1 aromatic rings. The Labute approximate surface area is 126 Å². The second-order valence-electron chi connectivity index (χ2n) is 5.39. The van der Waals surface area contributed by atoms with Crippen LogP contribution in [0.5, 0.6) is 0 Å². The van der Waals surface area contributed by atoms with Crippen LogP contribution in [0, 0.1) is 0 Å². The predicted molar refractivity (Wildman–Crippen MR) is 73.3 cm³/mol. The first-order valence-corrected chi connectivity index (χ1v) is 8.12. The lowest BCUT2D eigenvalue weighted by molar-refractivity contribution is -0.172. The van der Waals surface area contributed by atoms with Gasteiger partial charge in [0.1, 0.15) is 0 Å². The third-order valence-corrected chi connectivity index (χ3v) is 4.38. The molecular formula is C13H14ClF3O3S. The number of halogens is 4. The summed E-state index contributed by atoms with van der Waals surface area (Å²) in [7, 11) is -3.66. The van der Waals surface area contributed by atoms with Crippen molar-refractivity contribution in [1.29, 1.82) is 0 Å². The molecule has 0 fully saturated rings. The van der Waals surface area contributed by atoms with Gasteiger partial charge in [-0.3, -0.25) is 4.79 Å². The van der Waals surface area contributed by atoms with Crippen LogP contribution in [0.2, 0.25) is 5.02 Å². The summed E-state index contributed by atoms with van der Waals surface area (Å²) in [5.74, 6) is -1.91. The average Bonchev–Trinajstić information content (AvgIpc) is 2.25. The van der Waals surface area contributed by atoms with Crippen LogP contribution < -0.4 is 0 Å². The lowest BCUT2D eigenvalue weighted by Gasteiger charge is -2.27. The molecule has 0 spiro atoms. The molecule has 0 amide bonds. The molecular weight excluding hydrogens is 329 g/mol. The van der Waals surface area contributed by atoms with Gasteiger partial charge in [-0.2, -0.15) is 13.2 Å². The number of benzene rings is 1. The maximum atomic E-state index is 12.4. The fraction of sp³-hybridized carbons (Fsp3) is 0.462. The summed E-state index contributed by atoms with van der Waals surface area (Å²) in [5, 5.41) is 0.185. The van der Waals surface area contributed by atoms with Crippen LogP contribution in [0.4, 0.5) is 13.2 Å². The molecule has 0 saturated heterocycles. The highest BCUT2D eigenvalue weighted by Gasteiger charge is 2.42. The summed E-state index contributed by atoms with van der Waals surface area (Å²) in [5.41, 5.74) is -1.23. The van der Waals surface area contributed by atoms with Gasteiger partial charge in [0.05, 0.1) is 4.90 Å². The third-order valence-electron chi connectivity index (χ3n) is 2.99. The van der Waals surface area contributed by atoms with Gasteiger partial charge in [0.15, 0.2) is 9.84 Å². The molecule has 0 atom stereocenters. The SMILES string of the molecule is CC(C)(CC(=O)C(F)(F)F)c1cc(Cl)ccc1S(C)(=O)=O. The van der Waals surface area contributed by atoms with Crippen molar-refractivity contribution >= 4 is 27.2 Å². The Kier molecular flexibility index (Phi) is 4.80. The molecule has 0 aliphatic carbocycles. The molecule has 8 heteroatoms. The van der Waals surface area contributed by atoms with E-state index >= 15 is 0 Å². The summed E-state index contributed by atoms with van der Waals surface area (Å²) in [4.78, 5) is 11.1. The van der Waals surface area contributed by atoms with Crippen LogP contribution in [0.15, 0.2) is 23.1 Å². The Morgan fingerprint density at radius 3 is 2.19 bits per heavy atom. The highest BCUT2D eigenvalue weighted by atomic mass is 35.5. The van der Waals surface area contributed by atoms with Crippen molar-refractivity contribution in [2.24, 2.45) is 0 Å². The molecule has 3 nitrogen and oxygen atoms in total. The normalized spacial score (nSPS) is 13.3. The maximum Gasteiger partial charge on any atom is 0.450 e. The lowest BCUT2D eigenvalue weighted by atomic mass is 9.80. The van der Waals surface area contributed by atoms with Gasteiger partial charge in [0.25, 0.3) is 0 Å². The number of ketones is 1. The molecule has 0 unspecified atom stereocenters. The largest absolute Gasteiger partial charge is 0.450 e. The Bertz CT molecular complexity index is 664. The second kappa shape index (κ2) is 5.61. The lowest BCUT2D eigenvalue weighted by Crippen LogP contribution is -2.31. The first-order chi connectivity index (χ1) is 9.25. The fourth-order valence-corrected chi connectivity index (χ4v) is 3.17. The molecule has 1 aromatic carbocycles. The smallest absolute Gasteiger partial charge is 0.290 e. The maximum absolute atomic E-state index is 12.4. The molecule has 21 heavy (non-hydrogen) atoms. The molecule has 1 rings (SSSR count). The zero-order chi connectivity index (χ0) is 16.6. The molecule has 0 aromatic heterocycles. The third kappa shape index (κ3) is 4.44. The van der Waals surface area contributed by atoms with Gasteiger partial charge in [-0.25, -0.2) is 8.42 Å². The van der Waals surface area contributed by atoms with E-state index in [-0.39, 0.29) is 15.5 Å². The summed E-state index contributed by atoms with van der Waals surface area (Å²) >= 11 is 5.80. The predicted octanol–water partition coefficient (Wildman–Crippen LogP) is 3.54.